The van der Waals surface area contributed by atoms with Gasteiger partial charge in [-0.2, -0.15) is 4.31 Å². The minimum absolute atomic E-state index is 0.0589. The molecule has 2 aliphatic rings. The van der Waals surface area contributed by atoms with Crippen molar-refractivity contribution in [2.24, 2.45) is 5.92 Å². The van der Waals surface area contributed by atoms with Gasteiger partial charge < -0.3 is 10.1 Å². The van der Waals surface area contributed by atoms with Crippen LogP contribution in [0.1, 0.15) is 31.7 Å². The minimum Gasteiger partial charge on any atom is -0.466 e. The van der Waals surface area contributed by atoms with E-state index in [-0.39, 0.29) is 23.3 Å². The number of sulfonamides is 1. The lowest BCUT2D eigenvalue weighted by Gasteiger charge is -2.31. The molecule has 0 bridgehead atoms. The van der Waals surface area contributed by atoms with Crippen LogP contribution < -0.4 is 5.32 Å². The zero-order chi connectivity index (χ0) is 18.0. The van der Waals surface area contributed by atoms with Gasteiger partial charge in [0.15, 0.2) is 0 Å². The number of aryl methyl sites for hydroxylation is 1. The van der Waals surface area contributed by atoms with E-state index in [1.165, 1.54) is 10.4 Å². The SMILES string of the molecule is CCOC(=O)[C@H]1CCCN(S(=O)(=O)c2ccc3c(c2)CCC(=O)N3)C1. The van der Waals surface area contributed by atoms with Crippen molar-refractivity contribution < 1.29 is 22.7 Å². The summed E-state index contributed by atoms with van der Waals surface area (Å²) in [5.74, 6) is -0.813. The number of ether oxygens (including phenoxy) is 1. The van der Waals surface area contributed by atoms with Gasteiger partial charge >= 0.3 is 5.97 Å². The van der Waals surface area contributed by atoms with Crippen molar-refractivity contribution in [3.05, 3.63) is 23.8 Å². The van der Waals surface area contributed by atoms with Gasteiger partial charge in [0.1, 0.15) is 0 Å². The molecule has 7 nitrogen and oxygen atoms in total. The number of esters is 1. The maximum atomic E-state index is 12.9. The highest BCUT2D eigenvalue weighted by Crippen LogP contribution is 2.29. The maximum absolute atomic E-state index is 12.9. The van der Waals surface area contributed by atoms with Gasteiger partial charge in [-0.05, 0) is 49.9 Å². The van der Waals surface area contributed by atoms with E-state index in [0.29, 0.717) is 44.5 Å². The average molecular weight is 366 g/mol. The Balaban J connectivity index is 1.81. The zero-order valence-electron chi connectivity index (χ0n) is 14.2. The van der Waals surface area contributed by atoms with E-state index in [2.05, 4.69) is 5.32 Å². The van der Waals surface area contributed by atoms with E-state index >= 15 is 0 Å². The third-order valence-corrected chi connectivity index (χ3v) is 6.48. The van der Waals surface area contributed by atoms with Crippen LogP contribution in [0.25, 0.3) is 0 Å². The highest BCUT2D eigenvalue weighted by atomic mass is 32.2. The number of amides is 1. The lowest BCUT2D eigenvalue weighted by Crippen LogP contribution is -2.42. The molecule has 3 rings (SSSR count). The molecule has 1 aromatic rings. The molecule has 1 fully saturated rings. The number of fused-ring (bicyclic) bond motifs is 1. The van der Waals surface area contributed by atoms with Gasteiger partial charge in [0.05, 0.1) is 17.4 Å². The van der Waals surface area contributed by atoms with Crippen LogP contribution in [0.15, 0.2) is 23.1 Å². The van der Waals surface area contributed by atoms with Crippen molar-refractivity contribution >= 4 is 27.6 Å². The van der Waals surface area contributed by atoms with E-state index in [0.717, 1.165) is 5.56 Å². The van der Waals surface area contributed by atoms with E-state index in [1.54, 1.807) is 19.1 Å². The average Bonchev–Trinajstić information content (AvgIpc) is 2.61. The molecule has 1 aromatic carbocycles. The number of rotatable bonds is 4. The normalized spacial score (nSPS) is 21.3. The molecule has 2 aliphatic heterocycles. The Labute approximate surface area is 147 Å². The number of nitrogens with zero attached hydrogens (tertiary/aromatic N) is 1. The molecule has 8 heteroatoms. The third-order valence-electron chi connectivity index (χ3n) is 4.61. The van der Waals surface area contributed by atoms with Gasteiger partial charge in [0.2, 0.25) is 15.9 Å². The summed E-state index contributed by atoms with van der Waals surface area (Å²) >= 11 is 0. The van der Waals surface area contributed by atoms with Crippen LogP contribution in [0.2, 0.25) is 0 Å². The number of hydrogen-bond donors (Lipinski definition) is 1. The Morgan fingerprint density at radius 1 is 1.36 bits per heavy atom. The lowest BCUT2D eigenvalue weighted by atomic mass is 10.0. The van der Waals surface area contributed by atoms with Crippen LogP contribution in [0.4, 0.5) is 5.69 Å². The van der Waals surface area contributed by atoms with Gasteiger partial charge in [-0.15, -0.1) is 0 Å². The molecule has 0 unspecified atom stereocenters. The van der Waals surface area contributed by atoms with E-state index < -0.39 is 15.9 Å². The Morgan fingerprint density at radius 3 is 2.92 bits per heavy atom. The van der Waals surface area contributed by atoms with Crippen LogP contribution in [0.5, 0.6) is 0 Å². The molecule has 1 amide bonds. The number of hydrogen-bond acceptors (Lipinski definition) is 5. The van der Waals surface area contributed by atoms with Crippen molar-refractivity contribution in [2.75, 3.05) is 25.0 Å². The molecule has 1 saturated heterocycles. The van der Waals surface area contributed by atoms with Crippen molar-refractivity contribution in [1.29, 1.82) is 0 Å². The number of carbonyl (C=O) groups excluding carboxylic acids is 2. The Hall–Kier alpha value is -1.93. The predicted octanol–water partition coefficient (Wildman–Crippen LogP) is 1.54. The van der Waals surface area contributed by atoms with Gasteiger partial charge in [0.25, 0.3) is 0 Å². The summed E-state index contributed by atoms with van der Waals surface area (Å²) in [6.45, 7) is 2.57. The monoisotopic (exact) mass is 366 g/mol. The number of anilines is 1. The first-order valence-electron chi connectivity index (χ1n) is 8.51. The lowest BCUT2D eigenvalue weighted by molar-refractivity contribution is -0.149. The minimum atomic E-state index is -3.68. The van der Waals surface area contributed by atoms with Crippen LogP contribution in [0, 0.1) is 5.92 Å². The second-order valence-electron chi connectivity index (χ2n) is 6.32. The van der Waals surface area contributed by atoms with Gasteiger partial charge in [-0.25, -0.2) is 8.42 Å². The zero-order valence-corrected chi connectivity index (χ0v) is 15.0. The summed E-state index contributed by atoms with van der Waals surface area (Å²) in [6.07, 6.45) is 2.14. The van der Waals surface area contributed by atoms with Crippen molar-refractivity contribution in [2.45, 2.75) is 37.5 Å². The fraction of sp³-hybridized carbons (Fsp3) is 0.529. The van der Waals surface area contributed by atoms with E-state index in [1.807, 2.05) is 0 Å². The highest BCUT2D eigenvalue weighted by molar-refractivity contribution is 7.89. The molecule has 1 atom stereocenters. The summed E-state index contributed by atoms with van der Waals surface area (Å²) < 4.78 is 32.3. The van der Waals surface area contributed by atoms with E-state index in [4.69, 9.17) is 4.74 Å². The number of carbonyl (C=O) groups is 2. The fourth-order valence-corrected chi connectivity index (χ4v) is 4.86. The Kier molecular flexibility index (Phi) is 5.10. The van der Waals surface area contributed by atoms with Crippen molar-refractivity contribution in [3.8, 4) is 0 Å². The topological polar surface area (TPSA) is 92.8 Å². The molecule has 136 valence electrons. The number of nitrogens with one attached hydrogen (secondary N) is 1. The first-order valence-corrected chi connectivity index (χ1v) is 9.95. The van der Waals surface area contributed by atoms with Gasteiger partial charge in [0, 0.05) is 25.2 Å². The van der Waals surface area contributed by atoms with Crippen LogP contribution in [-0.2, 0) is 30.8 Å². The molecule has 0 aromatic heterocycles. The quantitative estimate of drug-likeness (QED) is 0.816. The molecule has 0 spiro atoms. The summed E-state index contributed by atoms with van der Waals surface area (Å²) in [7, 11) is -3.68. The smallest absolute Gasteiger partial charge is 0.310 e. The summed E-state index contributed by atoms with van der Waals surface area (Å²) in [5.41, 5.74) is 1.48. The van der Waals surface area contributed by atoms with Crippen molar-refractivity contribution in [1.82, 2.24) is 4.31 Å². The number of benzene rings is 1. The van der Waals surface area contributed by atoms with Crippen LogP contribution in [-0.4, -0.2) is 44.3 Å². The molecule has 2 heterocycles. The largest absolute Gasteiger partial charge is 0.466 e. The highest BCUT2D eigenvalue weighted by Gasteiger charge is 2.34. The fourth-order valence-electron chi connectivity index (χ4n) is 3.28. The second-order valence-corrected chi connectivity index (χ2v) is 8.26. The third kappa shape index (κ3) is 3.69. The molecule has 0 saturated carbocycles. The Morgan fingerprint density at radius 2 is 2.16 bits per heavy atom. The van der Waals surface area contributed by atoms with Crippen molar-refractivity contribution in [3.63, 3.8) is 0 Å². The first kappa shape index (κ1) is 17.9. The molecule has 25 heavy (non-hydrogen) atoms. The molecule has 1 N–H and O–H groups in total. The van der Waals surface area contributed by atoms with Gasteiger partial charge in [-0.1, -0.05) is 0 Å². The van der Waals surface area contributed by atoms with Gasteiger partial charge in [-0.3, -0.25) is 9.59 Å². The second kappa shape index (κ2) is 7.13. The van der Waals surface area contributed by atoms with Crippen LogP contribution in [0.3, 0.4) is 0 Å². The van der Waals surface area contributed by atoms with Crippen LogP contribution >= 0.6 is 0 Å². The summed E-state index contributed by atoms with van der Waals surface area (Å²) in [5, 5.41) is 2.75. The molecule has 0 aliphatic carbocycles. The standard InChI is InChI=1S/C17H22N2O5S/c1-2-24-17(21)13-4-3-9-19(11-13)25(22,23)14-6-7-15-12(10-14)5-8-16(20)18-15/h6-7,10,13H,2-5,8-9,11H2,1H3,(H,18,20)/t13-/m0/s1. The van der Waals surface area contributed by atoms with E-state index in [9.17, 15) is 18.0 Å². The summed E-state index contributed by atoms with van der Waals surface area (Å²) in [4.78, 5) is 23.6. The Bertz CT molecular complexity index is 790. The maximum Gasteiger partial charge on any atom is 0.310 e. The molecular weight excluding hydrogens is 344 g/mol. The molecular formula is C17H22N2O5S. The summed E-state index contributed by atoms with van der Waals surface area (Å²) in [6, 6.07) is 4.76. The first-order chi connectivity index (χ1) is 11.9. The molecule has 0 radical (unpaired) electrons. The predicted molar refractivity (Wildman–Crippen MR) is 91.5 cm³/mol. The number of piperidine rings is 1.